The van der Waals surface area contributed by atoms with E-state index in [0.717, 1.165) is 99.2 Å². The minimum atomic E-state index is 0.566. The predicted octanol–water partition coefficient (Wildman–Crippen LogP) is 15.7. The Balaban J connectivity index is 0.981. The zero-order valence-electron chi connectivity index (χ0n) is 34.7. The number of nitrogens with zero attached hydrogens (tertiary/aromatic N) is 4. The van der Waals surface area contributed by atoms with Gasteiger partial charge in [0.15, 0.2) is 17.5 Å². The predicted molar refractivity (Wildman–Crippen MR) is 265 cm³/mol. The molecule has 0 spiro atoms. The van der Waals surface area contributed by atoms with E-state index < -0.39 is 0 Å². The molecule has 6 heteroatoms. The molecule has 0 N–H and O–H groups in total. The summed E-state index contributed by atoms with van der Waals surface area (Å²) in [7, 11) is 0. The molecule has 4 heterocycles. The molecule has 0 aliphatic rings. The van der Waals surface area contributed by atoms with E-state index in [2.05, 4.69) is 168 Å². The molecule has 14 rings (SSSR count). The molecule has 0 amide bonds. The minimum Gasteiger partial charge on any atom is -0.456 e. The van der Waals surface area contributed by atoms with Gasteiger partial charge in [-0.3, -0.25) is 0 Å². The first kappa shape index (κ1) is 35.7. The second kappa shape index (κ2) is 13.8. The summed E-state index contributed by atoms with van der Waals surface area (Å²) in [5, 5.41) is 11.1. The molecule has 4 aromatic heterocycles. The molecule has 0 saturated carbocycles. The number of furan rings is 2. The molecule has 14 aromatic rings. The third kappa shape index (κ3) is 5.51. The van der Waals surface area contributed by atoms with E-state index >= 15 is 0 Å². The first-order chi connectivity index (χ1) is 32.2. The summed E-state index contributed by atoms with van der Waals surface area (Å²) >= 11 is 0. The molecule has 0 unspecified atom stereocenters. The maximum atomic E-state index is 6.82. The van der Waals surface area contributed by atoms with Gasteiger partial charge in [-0.25, -0.2) is 15.0 Å². The van der Waals surface area contributed by atoms with Crippen molar-refractivity contribution in [3.05, 3.63) is 206 Å². The van der Waals surface area contributed by atoms with E-state index in [1.54, 1.807) is 0 Å². The summed E-state index contributed by atoms with van der Waals surface area (Å²) in [6.45, 7) is 0. The Labute approximate surface area is 371 Å². The molecule has 65 heavy (non-hydrogen) atoms. The van der Waals surface area contributed by atoms with Crippen LogP contribution in [-0.2, 0) is 0 Å². The number of fused-ring (bicyclic) bond motifs is 12. The molecular formula is C59H34N4O2. The second-order valence-corrected chi connectivity index (χ2v) is 16.7. The number of para-hydroxylation sites is 2. The van der Waals surface area contributed by atoms with Crippen LogP contribution in [0.2, 0.25) is 0 Å². The smallest absolute Gasteiger partial charge is 0.164 e. The molecular weight excluding hydrogens is 797 g/mol. The van der Waals surface area contributed by atoms with Crippen molar-refractivity contribution in [2.24, 2.45) is 0 Å². The van der Waals surface area contributed by atoms with Crippen LogP contribution >= 0.6 is 0 Å². The molecule has 0 saturated heterocycles. The highest BCUT2D eigenvalue weighted by Crippen LogP contribution is 2.43. The molecule has 0 aliphatic heterocycles. The van der Waals surface area contributed by atoms with Crippen molar-refractivity contribution in [3.8, 4) is 51.0 Å². The zero-order valence-corrected chi connectivity index (χ0v) is 34.7. The van der Waals surface area contributed by atoms with Crippen LogP contribution in [0.1, 0.15) is 0 Å². The molecule has 6 nitrogen and oxygen atoms in total. The fourth-order valence-electron chi connectivity index (χ4n) is 10.0. The van der Waals surface area contributed by atoms with E-state index in [0.29, 0.717) is 17.5 Å². The van der Waals surface area contributed by atoms with Gasteiger partial charge < -0.3 is 13.4 Å². The van der Waals surface area contributed by atoms with E-state index in [9.17, 15) is 0 Å². The van der Waals surface area contributed by atoms with Crippen molar-refractivity contribution in [1.82, 2.24) is 19.5 Å². The van der Waals surface area contributed by atoms with Gasteiger partial charge in [0.05, 0.1) is 16.7 Å². The van der Waals surface area contributed by atoms with Crippen molar-refractivity contribution in [2.75, 3.05) is 0 Å². The van der Waals surface area contributed by atoms with Crippen molar-refractivity contribution in [2.45, 2.75) is 0 Å². The number of rotatable bonds is 5. The number of aromatic nitrogens is 4. The highest BCUT2D eigenvalue weighted by Gasteiger charge is 2.22. The largest absolute Gasteiger partial charge is 0.456 e. The van der Waals surface area contributed by atoms with Crippen LogP contribution in [0.15, 0.2) is 215 Å². The van der Waals surface area contributed by atoms with E-state index in [4.69, 9.17) is 23.8 Å². The first-order valence-electron chi connectivity index (χ1n) is 21.8. The van der Waals surface area contributed by atoms with Gasteiger partial charge >= 0.3 is 0 Å². The van der Waals surface area contributed by atoms with Gasteiger partial charge in [0.25, 0.3) is 0 Å². The summed E-state index contributed by atoms with van der Waals surface area (Å²) < 4.78 is 15.5. The molecule has 0 bridgehead atoms. The van der Waals surface area contributed by atoms with Gasteiger partial charge in [0.2, 0.25) is 0 Å². The van der Waals surface area contributed by atoms with E-state index in [-0.39, 0.29) is 0 Å². The van der Waals surface area contributed by atoms with Crippen LogP contribution in [0.25, 0.3) is 138 Å². The molecule has 0 radical (unpaired) electrons. The van der Waals surface area contributed by atoms with Crippen LogP contribution in [0, 0.1) is 0 Å². The summed E-state index contributed by atoms with van der Waals surface area (Å²) in [6, 6.07) is 72.1. The van der Waals surface area contributed by atoms with Crippen LogP contribution in [-0.4, -0.2) is 19.5 Å². The minimum absolute atomic E-state index is 0.566. The van der Waals surface area contributed by atoms with E-state index in [1.807, 2.05) is 42.5 Å². The van der Waals surface area contributed by atoms with Gasteiger partial charge in [-0.15, -0.1) is 0 Å². The average Bonchev–Trinajstić information content (AvgIpc) is 4.05. The van der Waals surface area contributed by atoms with Gasteiger partial charge in [0.1, 0.15) is 22.3 Å². The topological polar surface area (TPSA) is 69.9 Å². The Morgan fingerprint density at radius 3 is 1.75 bits per heavy atom. The molecule has 0 atom stereocenters. The lowest BCUT2D eigenvalue weighted by Crippen LogP contribution is -2.00. The third-order valence-corrected chi connectivity index (χ3v) is 13.0. The van der Waals surface area contributed by atoms with Crippen LogP contribution in [0.4, 0.5) is 0 Å². The quantitative estimate of drug-likeness (QED) is 0.173. The highest BCUT2D eigenvalue weighted by molar-refractivity contribution is 6.23. The maximum absolute atomic E-state index is 6.82. The Bertz CT molecular complexity index is 4240. The summed E-state index contributed by atoms with van der Waals surface area (Å²) in [4.78, 5) is 15.7. The Hall–Kier alpha value is -8.87. The lowest BCUT2D eigenvalue weighted by atomic mass is 10.0. The maximum Gasteiger partial charge on any atom is 0.164 e. The van der Waals surface area contributed by atoms with Crippen LogP contribution < -0.4 is 0 Å². The van der Waals surface area contributed by atoms with Crippen LogP contribution in [0.3, 0.4) is 0 Å². The fourth-order valence-corrected chi connectivity index (χ4v) is 10.0. The van der Waals surface area contributed by atoms with Crippen molar-refractivity contribution >= 4 is 87.2 Å². The van der Waals surface area contributed by atoms with Gasteiger partial charge in [-0.05, 0) is 75.8 Å². The third-order valence-electron chi connectivity index (χ3n) is 13.0. The number of hydrogen-bond donors (Lipinski definition) is 0. The first-order valence-corrected chi connectivity index (χ1v) is 21.8. The normalized spacial score (nSPS) is 12.0. The Morgan fingerprint density at radius 2 is 0.908 bits per heavy atom. The van der Waals surface area contributed by atoms with Gasteiger partial charge in [-0.1, -0.05) is 152 Å². The SMILES string of the molecule is c1ccc(-c2ccc(-c3nc(-c4ccc5oc6cc(-n7c8ccccc8c8cc9ccccc9cc87)c7ccccc7c6c5c4)nc(-c4cccc5oc6ccccc6c45)n3)cc2)cc1. The molecule has 302 valence electrons. The highest BCUT2D eigenvalue weighted by atomic mass is 16.3. The van der Waals surface area contributed by atoms with E-state index in [1.165, 1.54) is 21.5 Å². The van der Waals surface area contributed by atoms with Crippen LogP contribution in [0.5, 0.6) is 0 Å². The van der Waals surface area contributed by atoms with Gasteiger partial charge in [-0.2, -0.15) is 0 Å². The van der Waals surface area contributed by atoms with Gasteiger partial charge in [0, 0.05) is 60.5 Å². The summed E-state index contributed by atoms with van der Waals surface area (Å²) in [5.74, 6) is 1.72. The average molecular weight is 831 g/mol. The second-order valence-electron chi connectivity index (χ2n) is 16.7. The molecule has 0 aliphatic carbocycles. The lowest BCUT2D eigenvalue weighted by Gasteiger charge is -2.13. The van der Waals surface area contributed by atoms with Crippen molar-refractivity contribution in [1.29, 1.82) is 0 Å². The monoisotopic (exact) mass is 830 g/mol. The summed E-state index contributed by atoms with van der Waals surface area (Å²) in [6.07, 6.45) is 0. The zero-order chi connectivity index (χ0) is 42.6. The Kier molecular flexibility index (Phi) is 7.59. The van der Waals surface area contributed by atoms with Crippen molar-refractivity contribution < 1.29 is 8.83 Å². The standard InChI is InChI=1S/C59H34N4O2/c1-2-13-35(14-3-1)36-25-27-37(28-26-36)57-60-58(62-59(61-57)45-21-12-24-53-56(45)44-20-9-11-23-51(44)64-53)40-29-30-52-47(32-40)55-43-19-7-6-17-41(43)50(34-54(55)65-52)63-48-22-10-8-18-42(48)46-31-38-15-4-5-16-39(38)33-49(46)63/h1-34H. The number of hydrogen-bond acceptors (Lipinski definition) is 5. The Morgan fingerprint density at radius 1 is 0.308 bits per heavy atom. The molecule has 10 aromatic carbocycles. The molecule has 0 fully saturated rings. The fraction of sp³-hybridized carbons (Fsp3) is 0. The summed E-state index contributed by atoms with van der Waals surface area (Å²) in [5.41, 5.74) is 11.5. The lowest BCUT2D eigenvalue weighted by molar-refractivity contribution is 0.668. The van der Waals surface area contributed by atoms with Crippen molar-refractivity contribution in [3.63, 3.8) is 0 Å². The number of benzene rings is 10.